The molecule has 0 atom stereocenters. The van der Waals surface area contributed by atoms with Crippen molar-refractivity contribution in [2.45, 2.75) is 13.8 Å². The summed E-state index contributed by atoms with van der Waals surface area (Å²) in [5.41, 5.74) is 7.35. The van der Waals surface area contributed by atoms with E-state index in [1.54, 1.807) is 6.92 Å². The largest absolute Gasteiger partial charge is 0.324 e. The zero-order valence-electron chi connectivity index (χ0n) is 6.64. The quantitative estimate of drug-likeness (QED) is 0.595. The van der Waals surface area contributed by atoms with Crippen molar-refractivity contribution in [2.24, 2.45) is 5.73 Å². The molecule has 0 aliphatic carbocycles. The first-order valence-electron chi connectivity index (χ1n) is 3.41. The summed E-state index contributed by atoms with van der Waals surface area (Å²) >= 11 is 0. The number of rotatable bonds is 2. The van der Waals surface area contributed by atoms with Crippen LogP contribution in [0.15, 0.2) is 0 Å². The second-order valence-electron chi connectivity index (χ2n) is 2.44. The lowest BCUT2D eigenvalue weighted by Gasteiger charge is -1.94. The number of hydrogen-bond acceptors (Lipinski definition) is 3. The van der Waals surface area contributed by atoms with Crippen molar-refractivity contribution in [3.05, 3.63) is 17.0 Å². The van der Waals surface area contributed by atoms with E-state index in [0.29, 0.717) is 5.56 Å². The molecule has 0 saturated carbocycles. The fourth-order valence-corrected chi connectivity index (χ4v) is 1.06. The van der Waals surface area contributed by atoms with Crippen molar-refractivity contribution in [2.75, 3.05) is 6.54 Å². The van der Waals surface area contributed by atoms with Gasteiger partial charge in [0.15, 0.2) is 5.78 Å². The molecule has 11 heavy (non-hydrogen) atoms. The van der Waals surface area contributed by atoms with Crippen LogP contribution in [0.25, 0.3) is 0 Å². The number of nitrogens with one attached hydrogen (secondary N) is 1. The molecule has 60 valence electrons. The Morgan fingerprint density at radius 2 is 2.27 bits per heavy atom. The van der Waals surface area contributed by atoms with Crippen molar-refractivity contribution in [3.63, 3.8) is 0 Å². The molecule has 4 heteroatoms. The fourth-order valence-electron chi connectivity index (χ4n) is 1.06. The maximum absolute atomic E-state index is 11.1. The highest BCUT2D eigenvalue weighted by Crippen LogP contribution is 2.08. The molecule has 0 spiro atoms. The summed E-state index contributed by atoms with van der Waals surface area (Å²) in [6.45, 7) is 3.64. The summed E-state index contributed by atoms with van der Waals surface area (Å²) in [4.78, 5) is 11.1. The van der Waals surface area contributed by atoms with E-state index in [2.05, 4.69) is 10.2 Å². The predicted octanol–water partition coefficient (Wildman–Crippen LogP) is 0.168. The Bertz CT molecular complexity index is 258. The van der Waals surface area contributed by atoms with E-state index in [0.717, 1.165) is 11.4 Å². The van der Waals surface area contributed by atoms with Crippen molar-refractivity contribution in [1.82, 2.24) is 10.2 Å². The van der Waals surface area contributed by atoms with E-state index in [1.807, 2.05) is 6.92 Å². The van der Waals surface area contributed by atoms with E-state index < -0.39 is 0 Å². The highest BCUT2D eigenvalue weighted by molar-refractivity contribution is 5.99. The minimum absolute atomic E-state index is 0.0429. The van der Waals surface area contributed by atoms with E-state index in [4.69, 9.17) is 5.73 Å². The van der Waals surface area contributed by atoms with Gasteiger partial charge in [0.25, 0.3) is 0 Å². The van der Waals surface area contributed by atoms with Gasteiger partial charge >= 0.3 is 0 Å². The second kappa shape index (κ2) is 2.84. The van der Waals surface area contributed by atoms with Crippen LogP contribution in [0.1, 0.15) is 21.7 Å². The van der Waals surface area contributed by atoms with Crippen LogP contribution >= 0.6 is 0 Å². The zero-order valence-corrected chi connectivity index (χ0v) is 6.64. The topological polar surface area (TPSA) is 71.8 Å². The molecule has 1 aromatic rings. The number of carbonyl (C=O) groups is 1. The summed E-state index contributed by atoms with van der Waals surface area (Å²) in [7, 11) is 0. The van der Waals surface area contributed by atoms with Gasteiger partial charge in [0.05, 0.1) is 17.8 Å². The van der Waals surface area contributed by atoms with Crippen LogP contribution < -0.4 is 5.73 Å². The number of nitrogens with two attached hydrogens (primary N) is 1. The summed E-state index contributed by atoms with van der Waals surface area (Å²) in [6.07, 6.45) is 0. The minimum Gasteiger partial charge on any atom is -0.324 e. The van der Waals surface area contributed by atoms with Gasteiger partial charge < -0.3 is 5.73 Å². The molecule has 0 saturated heterocycles. The molecular weight excluding hydrogens is 142 g/mol. The molecule has 0 amide bonds. The van der Waals surface area contributed by atoms with E-state index in [1.165, 1.54) is 0 Å². The molecule has 1 aromatic heterocycles. The lowest BCUT2D eigenvalue weighted by molar-refractivity contribution is 0.100. The summed E-state index contributed by atoms with van der Waals surface area (Å²) < 4.78 is 0. The average Bonchev–Trinajstić information content (AvgIpc) is 2.30. The number of H-pyrrole nitrogens is 1. The molecule has 0 unspecified atom stereocenters. The van der Waals surface area contributed by atoms with Gasteiger partial charge in [-0.2, -0.15) is 5.10 Å². The van der Waals surface area contributed by atoms with Gasteiger partial charge in [-0.1, -0.05) is 0 Å². The zero-order chi connectivity index (χ0) is 8.43. The van der Waals surface area contributed by atoms with Crippen molar-refractivity contribution >= 4 is 5.78 Å². The van der Waals surface area contributed by atoms with Crippen LogP contribution in [0.3, 0.4) is 0 Å². The number of nitrogens with zero attached hydrogens (tertiary/aromatic N) is 1. The lowest BCUT2D eigenvalue weighted by atomic mass is 10.1. The highest BCUT2D eigenvalue weighted by Gasteiger charge is 2.12. The van der Waals surface area contributed by atoms with Gasteiger partial charge in [-0.15, -0.1) is 0 Å². The Hall–Kier alpha value is -1.16. The molecular formula is C7H11N3O. The second-order valence-corrected chi connectivity index (χ2v) is 2.44. The third-order valence-electron chi connectivity index (χ3n) is 1.59. The van der Waals surface area contributed by atoms with Crippen LogP contribution in [-0.2, 0) is 0 Å². The third kappa shape index (κ3) is 1.30. The molecule has 0 radical (unpaired) electrons. The Morgan fingerprint density at radius 3 is 2.64 bits per heavy atom. The Morgan fingerprint density at radius 1 is 1.64 bits per heavy atom. The van der Waals surface area contributed by atoms with E-state index in [-0.39, 0.29) is 12.3 Å². The van der Waals surface area contributed by atoms with Crippen LogP contribution in [0.4, 0.5) is 0 Å². The van der Waals surface area contributed by atoms with Crippen LogP contribution in [0, 0.1) is 13.8 Å². The number of hydrogen-bond donors (Lipinski definition) is 2. The minimum atomic E-state index is -0.0613. The Labute approximate surface area is 64.8 Å². The Balaban J connectivity index is 3.10. The Kier molecular flexibility index (Phi) is 2.05. The average molecular weight is 153 g/mol. The number of aryl methyl sites for hydroxylation is 2. The molecule has 0 aliphatic heterocycles. The van der Waals surface area contributed by atoms with Gasteiger partial charge in [-0.25, -0.2) is 0 Å². The number of aromatic amines is 1. The molecule has 1 heterocycles. The van der Waals surface area contributed by atoms with E-state index in [9.17, 15) is 4.79 Å². The van der Waals surface area contributed by atoms with Crippen LogP contribution in [-0.4, -0.2) is 22.5 Å². The molecule has 4 nitrogen and oxygen atoms in total. The molecule has 1 rings (SSSR count). The first-order chi connectivity index (χ1) is 5.16. The number of ketones is 1. The maximum atomic E-state index is 11.1. The fraction of sp³-hybridized carbons (Fsp3) is 0.429. The first kappa shape index (κ1) is 7.94. The van der Waals surface area contributed by atoms with Gasteiger partial charge in [-0.3, -0.25) is 9.89 Å². The summed E-state index contributed by atoms with van der Waals surface area (Å²) in [6, 6.07) is 0. The molecule has 0 aromatic carbocycles. The van der Waals surface area contributed by atoms with Crippen LogP contribution in [0.2, 0.25) is 0 Å². The van der Waals surface area contributed by atoms with Crippen LogP contribution in [0.5, 0.6) is 0 Å². The number of Topliss-reactive ketones (excluding diaryl/α,β-unsaturated/α-hetero) is 1. The molecule has 0 fully saturated rings. The SMILES string of the molecule is Cc1n[nH]c(C)c1C(=O)CN. The third-order valence-corrected chi connectivity index (χ3v) is 1.59. The lowest BCUT2D eigenvalue weighted by Crippen LogP contribution is -2.14. The summed E-state index contributed by atoms with van der Waals surface area (Å²) in [5.74, 6) is -0.0613. The van der Waals surface area contributed by atoms with Gasteiger partial charge in [0.2, 0.25) is 0 Å². The normalized spacial score (nSPS) is 10.1. The van der Waals surface area contributed by atoms with Crippen molar-refractivity contribution in [1.29, 1.82) is 0 Å². The maximum Gasteiger partial charge on any atom is 0.180 e. The van der Waals surface area contributed by atoms with Crippen molar-refractivity contribution in [3.8, 4) is 0 Å². The monoisotopic (exact) mass is 153 g/mol. The molecule has 3 N–H and O–H groups in total. The van der Waals surface area contributed by atoms with Gasteiger partial charge in [0, 0.05) is 5.69 Å². The molecule has 0 aliphatic rings. The van der Waals surface area contributed by atoms with E-state index >= 15 is 0 Å². The highest BCUT2D eigenvalue weighted by atomic mass is 16.1. The number of carbonyl (C=O) groups excluding carboxylic acids is 1. The smallest absolute Gasteiger partial charge is 0.180 e. The standard InChI is InChI=1S/C7H11N3O/c1-4-7(6(11)3-8)5(2)10-9-4/h3,8H2,1-2H3,(H,9,10). The first-order valence-corrected chi connectivity index (χ1v) is 3.41. The predicted molar refractivity (Wildman–Crippen MR) is 41.4 cm³/mol. The number of aromatic nitrogens is 2. The molecule has 0 bridgehead atoms. The van der Waals surface area contributed by atoms with Gasteiger partial charge in [-0.05, 0) is 13.8 Å². The van der Waals surface area contributed by atoms with Gasteiger partial charge in [0.1, 0.15) is 0 Å². The van der Waals surface area contributed by atoms with Crippen molar-refractivity contribution < 1.29 is 4.79 Å². The summed E-state index contributed by atoms with van der Waals surface area (Å²) in [5, 5.41) is 6.61.